The van der Waals surface area contributed by atoms with Crippen molar-refractivity contribution in [2.75, 3.05) is 6.61 Å². The molecule has 8 heteroatoms. The first-order valence-corrected chi connectivity index (χ1v) is 9.95. The first-order valence-electron chi connectivity index (χ1n) is 9.15. The van der Waals surface area contributed by atoms with Gasteiger partial charge in [0.15, 0.2) is 6.61 Å². The number of nitriles is 1. The molecule has 0 aliphatic heterocycles. The average molecular weight is 481 g/mol. The van der Waals surface area contributed by atoms with Gasteiger partial charge in [0, 0.05) is 0 Å². The number of hydrogen-bond acceptors (Lipinski definition) is 6. The molecule has 0 unspecified atom stereocenters. The maximum Gasteiger partial charge on any atom is 0.349 e. The topological polar surface area (TPSA) is 102 Å². The van der Waals surface area contributed by atoms with Crippen molar-refractivity contribution in [2.24, 2.45) is 0 Å². The number of benzene rings is 2. The van der Waals surface area contributed by atoms with Crippen molar-refractivity contribution in [2.45, 2.75) is 6.54 Å². The Hall–Kier alpha value is -3.83. The van der Waals surface area contributed by atoms with Gasteiger partial charge in [0.1, 0.15) is 28.9 Å². The normalized spacial score (nSPS) is 10.8. The minimum Gasteiger partial charge on any atom is -0.481 e. The van der Waals surface area contributed by atoms with Crippen LogP contribution in [0.2, 0.25) is 0 Å². The predicted molar refractivity (Wildman–Crippen MR) is 116 cm³/mol. The number of esters is 1. The van der Waals surface area contributed by atoms with Gasteiger partial charge in [-0.15, -0.1) is 0 Å². The van der Waals surface area contributed by atoms with Crippen LogP contribution in [0.5, 0.6) is 11.5 Å². The summed E-state index contributed by atoms with van der Waals surface area (Å²) >= 11 is 3.34. The lowest BCUT2D eigenvalue weighted by Crippen LogP contribution is -2.23. The van der Waals surface area contributed by atoms with Gasteiger partial charge in [0.25, 0.3) is 5.91 Å². The maximum absolute atomic E-state index is 12.2. The van der Waals surface area contributed by atoms with Gasteiger partial charge >= 0.3 is 5.97 Å². The molecule has 3 aromatic rings. The highest BCUT2D eigenvalue weighted by Gasteiger charge is 2.11. The van der Waals surface area contributed by atoms with Gasteiger partial charge in [-0.1, -0.05) is 24.3 Å². The maximum atomic E-state index is 12.2. The quantitative estimate of drug-likeness (QED) is 0.224. The number of rotatable bonds is 8. The number of nitrogens with zero attached hydrogens (tertiary/aromatic N) is 1. The van der Waals surface area contributed by atoms with E-state index in [1.54, 1.807) is 54.6 Å². The van der Waals surface area contributed by atoms with Crippen molar-refractivity contribution in [3.8, 4) is 17.6 Å². The Labute approximate surface area is 187 Å². The molecule has 1 amide bonds. The molecule has 0 radical (unpaired) electrons. The highest BCUT2D eigenvalue weighted by atomic mass is 79.9. The number of para-hydroxylation sites is 1. The van der Waals surface area contributed by atoms with E-state index in [-0.39, 0.29) is 18.7 Å². The smallest absolute Gasteiger partial charge is 0.349 e. The second-order valence-electron chi connectivity index (χ2n) is 6.19. The van der Waals surface area contributed by atoms with Crippen LogP contribution in [-0.2, 0) is 16.1 Å². The molecule has 0 aliphatic rings. The third-order valence-corrected chi connectivity index (χ3v) is 4.63. The van der Waals surface area contributed by atoms with Crippen molar-refractivity contribution in [1.82, 2.24) is 5.32 Å². The van der Waals surface area contributed by atoms with Gasteiger partial charge in [0.2, 0.25) is 0 Å². The number of carbonyl (C=O) groups excluding carboxylic acids is 2. The number of hydrogen-bond donors (Lipinski definition) is 1. The molecule has 156 valence electrons. The second kappa shape index (κ2) is 10.8. The number of ether oxygens (including phenoxy) is 2. The first kappa shape index (κ1) is 21.9. The number of furan rings is 1. The van der Waals surface area contributed by atoms with Gasteiger partial charge < -0.3 is 19.2 Å². The molecule has 0 saturated carbocycles. The summed E-state index contributed by atoms with van der Waals surface area (Å²) in [7, 11) is 0. The fourth-order valence-electron chi connectivity index (χ4n) is 2.48. The van der Waals surface area contributed by atoms with Crippen LogP contribution < -0.4 is 14.8 Å². The molecule has 3 rings (SSSR count). The van der Waals surface area contributed by atoms with Gasteiger partial charge in [-0.3, -0.25) is 4.79 Å². The van der Waals surface area contributed by atoms with Crippen molar-refractivity contribution < 1.29 is 23.5 Å². The number of nitrogens with one attached hydrogen (secondary N) is 1. The minimum atomic E-state index is -0.561. The molecule has 0 aliphatic carbocycles. The lowest BCUT2D eigenvalue weighted by atomic mass is 10.1. The summed E-state index contributed by atoms with van der Waals surface area (Å²) in [6.45, 7) is -0.0694. The monoisotopic (exact) mass is 480 g/mol. The molecule has 7 nitrogen and oxygen atoms in total. The lowest BCUT2D eigenvalue weighted by molar-refractivity contribution is -0.136. The van der Waals surface area contributed by atoms with E-state index in [0.717, 1.165) is 4.47 Å². The first-order chi connectivity index (χ1) is 15.0. The number of carbonyl (C=O) groups is 2. The van der Waals surface area contributed by atoms with Crippen LogP contribution in [0.15, 0.2) is 81.4 Å². The Bertz CT molecular complexity index is 1120. The molecule has 1 N–H and O–H groups in total. The third-order valence-electron chi connectivity index (χ3n) is 3.97. The standard InChI is InChI=1S/C23H17BrN2O5/c24-20-5-1-2-6-21(20)30-15-22(27)31-18-9-7-16(8-10-18)12-17(13-25)23(28)26-14-19-4-3-11-29-19/h1-12H,14-15H2,(H,26,28)/b17-12+. The molecule has 0 spiro atoms. The molecule has 0 bridgehead atoms. The summed E-state index contributed by atoms with van der Waals surface area (Å²) < 4.78 is 16.5. The summed E-state index contributed by atoms with van der Waals surface area (Å²) in [4.78, 5) is 24.2. The number of halogens is 1. The average Bonchev–Trinajstić information content (AvgIpc) is 3.30. The van der Waals surface area contributed by atoms with E-state index in [4.69, 9.17) is 13.9 Å². The van der Waals surface area contributed by atoms with E-state index < -0.39 is 11.9 Å². The molecule has 0 fully saturated rings. The Morgan fingerprint density at radius 2 is 1.87 bits per heavy atom. The summed E-state index contributed by atoms with van der Waals surface area (Å²) in [6.07, 6.45) is 2.95. The summed E-state index contributed by atoms with van der Waals surface area (Å²) in [5.74, 6) is 0.362. The van der Waals surface area contributed by atoms with Crippen molar-refractivity contribution in [3.63, 3.8) is 0 Å². The van der Waals surface area contributed by atoms with Gasteiger partial charge in [-0.2, -0.15) is 5.26 Å². The summed E-state index contributed by atoms with van der Waals surface area (Å²) in [6, 6.07) is 18.9. The molecule has 0 atom stereocenters. The van der Waals surface area contributed by atoms with Crippen LogP contribution in [0.4, 0.5) is 0 Å². The largest absolute Gasteiger partial charge is 0.481 e. The van der Waals surface area contributed by atoms with Gasteiger partial charge in [-0.25, -0.2) is 4.79 Å². The summed E-state index contributed by atoms with van der Waals surface area (Å²) in [5, 5.41) is 11.9. The minimum absolute atomic E-state index is 0.0573. The van der Waals surface area contributed by atoms with Crippen LogP contribution >= 0.6 is 15.9 Å². The van der Waals surface area contributed by atoms with Gasteiger partial charge in [-0.05, 0) is 64.0 Å². The predicted octanol–water partition coefficient (Wildman–Crippen LogP) is 4.25. The molecular formula is C23H17BrN2O5. The zero-order valence-electron chi connectivity index (χ0n) is 16.2. The van der Waals surface area contributed by atoms with Crippen LogP contribution in [0.25, 0.3) is 6.08 Å². The molecule has 2 aromatic carbocycles. The highest BCUT2D eigenvalue weighted by Crippen LogP contribution is 2.23. The number of amides is 1. The van der Waals surface area contributed by atoms with Gasteiger partial charge in [0.05, 0.1) is 17.3 Å². The molecule has 1 aromatic heterocycles. The van der Waals surface area contributed by atoms with Crippen molar-refractivity contribution in [3.05, 3.63) is 88.3 Å². The Kier molecular flexibility index (Phi) is 7.62. The van der Waals surface area contributed by atoms with Crippen LogP contribution in [0, 0.1) is 11.3 Å². The second-order valence-corrected chi connectivity index (χ2v) is 7.05. The Balaban J connectivity index is 1.54. The van der Waals surface area contributed by atoms with Crippen molar-refractivity contribution in [1.29, 1.82) is 5.26 Å². The van der Waals surface area contributed by atoms with E-state index >= 15 is 0 Å². The summed E-state index contributed by atoms with van der Waals surface area (Å²) in [5.41, 5.74) is 0.548. The molecular weight excluding hydrogens is 464 g/mol. The lowest BCUT2D eigenvalue weighted by Gasteiger charge is -2.08. The van der Waals surface area contributed by atoms with E-state index in [1.165, 1.54) is 12.3 Å². The SMILES string of the molecule is N#C/C(=C\c1ccc(OC(=O)COc2ccccc2Br)cc1)C(=O)NCc1ccco1. The van der Waals surface area contributed by atoms with Crippen LogP contribution in [0.1, 0.15) is 11.3 Å². The Morgan fingerprint density at radius 1 is 1.10 bits per heavy atom. The fraction of sp³-hybridized carbons (Fsp3) is 0.0870. The Morgan fingerprint density at radius 3 is 2.55 bits per heavy atom. The van der Waals surface area contributed by atoms with Crippen LogP contribution in [-0.4, -0.2) is 18.5 Å². The van der Waals surface area contributed by atoms with E-state index in [2.05, 4.69) is 21.2 Å². The molecule has 0 saturated heterocycles. The third kappa shape index (κ3) is 6.59. The fourth-order valence-corrected chi connectivity index (χ4v) is 2.88. The zero-order valence-corrected chi connectivity index (χ0v) is 17.8. The van der Waals surface area contributed by atoms with Crippen molar-refractivity contribution >= 4 is 33.9 Å². The zero-order chi connectivity index (χ0) is 22.1. The van der Waals surface area contributed by atoms with Crippen LogP contribution in [0.3, 0.4) is 0 Å². The van der Waals surface area contributed by atoms with E-state index in [0.29, 0.717) is 22.8 Å². The molecule has 31 heavy (non-hydrogen) atoms. The van der Waals surface area contributed by atoms with E-state index in [9.17, 15) is 14.9 Å². The van der Waals surface area contributed by atoms with E-state index in [1.807, 2.05) is 12.1 Å². The molecule has 1 heterocycles. The highest BCUT2D eigenvalue weighted by molar-refractivity contribution is 9.10.